The summed E-state index contributed by atoms with van der Waals surface area (Å²) in [6, 6.07) is 16.3. The maximum absolute atomic E-state index is 12.4. The van der Waals surface area contributed by atoms with E-state index in [0.717, 1.165) is 22.3 Å². The molecule has 4 rings (SSSR count). The first kappa shape index (κ1) is 23.0. The number of carbonyl (C=O) groups excluding carboxylic acids is 2. The summed E-state index contributed by atoms with van der Waals surface area (Å²) in [5.74, 6) is -1.78. The Morgan fingerprint density at radius 3 is 2.21 bits per heavy atom. The molecule has 0 radical (unpaired) electrons. The van der Waals surface area contributed by atoms with Gasteiger partial charge >= 0.3 is 12.1 Å². The van der Waals surface area contributed by atoms with E-state index in [1.54, 1.807) is 20.8 Å². The van der Waals surface area contributed by atoms with Crippen molar-refractivity contribution in [1.82, 2.24) is 15.5 Å². The first-order chi connectivity index (χ1) is 16.1. The fourth-order valence-corrected chi connectivity index (χ4v) is 4.10. The molecule has 0 bridgehead atoms. The van der Waals surface area contributed by atoms with Crippen molar-refractivity contribution >= 4 is 23.8 Å². The van der Waals surface area contributed by atoms with Crippen molar-refractivity contribution in [3.05, 3.63) is 71.4 Å². The van der Waals surface area contributed by atoms with Crippen molar-refractivity contribution < 1.29 is 24.2 Å². The lowest BCUT2D eigenvalue weighted by Crippen LogP contribution is -2.49. The van der Waals surface area contributed by atoms with Crippen LogP contribution in [0.1, 0.15) is 48.3 Å². The highest BCUT2D eigenvalue weighted by Gasteiger charge is 2.33. The number of hydrogen-bond acceptors (Lipinski definition) is 5. The Hall–Kier alpha value is -4.14. The Bertz CT molecular complexity index is 1200. The number of aromatic amines is 1. The topological polar surface area (TPSA) is 133 Å². The number of aliphatic carboxylic acids is 1. The van der Waals surface area contributed by atoms with Crippen LogP contribution in [0.5, 0.6) is 0 Å². The van der Waals surface area contributed by atoms with Crippen molar-refractivity contribution in [3.8, 4) is 11.1 Å². The van der Waals surface area contributed by atoms with E-state index in [-0.39, 0.29) is 24.0 Å². The Morgan fingerprint density at radius 1 is 1.06 bits per heavy atom. The molecule has 9 heteroatoms. The third kappa shape index (κ3) is 4.63. The summed E-state index contributed by atoms with van der Waals surface area (Å²) in [6.45, 7) is 5.28. The SMILES string of the molecule is CC(C)(C)C(NC(=O)c1cc(NC(=O)OCC2c3ccccc3-c3ccccc32)n[nH]1)C(=O)O. The molecule has 4 N–H and O–H groups in total. The number of anilines is 1. The minimum Gasteiger partial charge on any atom is -0.480 e. The molecule has 0 aliphatic heterocycles. The van der Waals surface area contributed by atoms with Gasteiger partial charge in [0.1, 0.15) is 18.3 Å². The van der Waals surface area contributed by atoms with Crippen molar-refractivity contribution in [2.24, 2.45) is 5.41 Å². The third-order valence-electron chi connectivity index (χ3n) is 5.78. The van der Waals surface area contributed by atoms with Crippen LogP contribution in [0.3, 0.4) is 0 Å². The second kappa shape index (κ2) is 9.01. The highest BCUT2D eigenvalue weighted by molar-refractivity contribution is 5.96. The number of benzene rings is 2. The first-order valence-corrected chi connectivity index (χ1v) is 10.9. The van der Waals surface area contributed by atoms with Gasteiger partial charge in [0.25, 0.3) is 5.91 Å². The molecule has 0 spiro atoms. The van der Waals surface area contributed by atoms with Gasteiger partial charge in [-0.2, -0.15) is 5.10 Å². The third-order valence-corrected chi connectivity index (χ3v) is 5.78. The maximum atomic E-state index is 12.4. The van der Waals surface area contributed by atoms with Crippen molar-refractivity contribution in [2.45, 2.75) is 32.7 Å². The molecule has 1 aliphatic carbocycles. The van der Waals surface area contributed by atoms with Crippen LogP contribution in [0.4, 0.5) is 10.6 Å². The molecule has 0 saturated heterocycles. The Kier molecular flexibility index (Phi) is 6.10. The van der Waals surface area contributed by atoms with Crippen molar-refractivity contribution in [3.63, 3.8) is 0 Å². The fourth-order valence-electron chi connectivity index (χ4n) is 4.10. The van der Waals surface area contributed by atoms with Crippen LogP contribution < -0.4 is 10.6 Å². The molecule has 1 unspecified atom stereocenters. The minimum absolute atomic E-state index is 0.0180. The average molecular weight is 463 g/mol. The Balaban J connectivity index is 1.38. The lowest BCUT2D eigenvalue weighted by atomic mass is 9.86. The molecule has 3 aromatic rings. The summed E-state index contributed by atoms with van der Waals surface area (Å²) in [5.41, 5.74) is 3.78. The van der Waals surface area contributed by atoms with E-state index in [9.17, 15) is 19.5 Å². The summed E-state index contributed by atoms with van der Waals surface area (Å²) >= 11 is 0. The van der Waals surface area contributed by atoms with E-state index < -0.39 is 29.4 Å². The molecule has 34 heavy (non-hydrogen) atoms. The van der Waals surface area contributed by atoms with Crippen LogP contribution in [0.15, 0.2) is 54.6 Å². The second-order valence-electron chi connectivity index (χ2n) is 9.23. The van der Waals surface area contributed by atoms with Crippen LogP contribution in [0.25, 0.3) is 11.1 Å². The number of fused-ring (bicyclic) bond motifs is 3. The average Bonchev–Trinajstić information content (AvgIpc) is 3.37. The summed E-state index contributed by atoms with van der Waals surface area (Å²) < 4.78 is 5.47. The van der Waals surface area contributed by atoms with Crippen LogP contribution in [-0.2, 0) is 9.53 Å². The van der Waals surface area contributed by atoms with E-state index in [0.29, 0.717) is 0 Å². The van der Waals surface area contributed by atoms with Crippen LogP contribution in [0.2, 0.25) is 0 Å². The number of ether oxygens (including phenoxy) is 1. The highest BCUT2D eigenvalue weighted by atomic mass is 16.5. The Morgan fingerprint density at radius 2 is 1.65 bits per heavy atom. The lowest BCUT2D eigenvalue weighted by Gasteiger charge is -2.27. The van der Waals surface area contributed by atoms with Crippen LogP contribution >= 0.6 is 0 Å². The number of nitrogens with one attached hydrogen (secondary N) is 3. The van der Waals surface area contributed by atoms with Gasteiger partial charge in [-0.05, 0) is 27.7 Å². The van der Waals surface area contributed by atoms with Gasteiger partial charge in [0.05, 0.1) is 0 Å². The summed E-state index contributed by atoms with van der Waals surface area (Å²) in [4.78, 5) is 36.3. The maximum Gasteiger partial charge on any atom is 0.412 e. The van der Waals surface area contributed by atoms with Gasteiger partial charge in [0.2, 0.25) is 0 Å². The highest BCUT2D eigenvalue weighted by Crippen LogP contribution is 2.44. The predicted molar refractivity (Wildman–Crippen MR) is 126 cm³/mol. The van der Waals surface area contributed by atoms with E-state index in [2.05, 4.69) is 33.0 Å². The second-order valence-corrected chi connectivity index (χ2v) is 9.23. The van der Waals surface area contributed by atoms with Crippen molar-refractivity contribution in [2.75, 3.05) is 11.9 Å². The van der Waals surface area contributed by atoms with E-state index in [1.165, 1.54) is 6.07 Å². The van der Waals surface area contributed by atoms with Gasteiger partial charge in [0, 0.05) is 12.0 Å². The smallest absolute Gasteiger partial charge is 0.412 e. The number of amides is 2. The number of aromatic nitrogens is 2. The molecule has 9 nitrogen and oxygen atoms in total. The quantitative estimate of drug-likeness (QED) is 0.438. The van der Waals surface area contributed by atoms with Gasteiger partial charge < -0.3 is 15.2 Å². The summed E-state index contributed by atoms with van der Waals surface area (Å²) in [7, 11) is 0. The number of carboxylic acids is 1. The van der Waals surface area contributed by atoms with Crippen LogP contribution in [-0.4, -0.2) is 45.9 Å². The molecule has 1 aliphatic rings. The zero-order chi connectivity index (χ0) is 24.5. The zero-order valence-corrected chi connectivity index (χ0v) is 19.1. The number of rotatable bonds is 6. The van der Waals surface area contributed by atoms with E-state index in [1.807, 2.05) is 36.4 Å². The number of carbonyl (C=O) groups is 3. The van der Waals surface area contributed by atoms with Gasteiger partial charge in [0.15, 0.2) is 5.82 Å². The molecule has 0 fully saturated rings. The first-order valence-electron chi connectivity index (χ1n) is 10.9. The van der Waals surface area contributed by atoms with E-state index >= 15 is 0 Å². The van der Waals surface area contributed by atoms with Gasteiger partial charge in [-0.3, -0.25) is 15.2 Å². The number of nitrogens with zero attached hydrogens (tertiary/aromatic N) is 1. The zero-order valence-electron chi connectivity index (χ0n) is 19.1. The number of H-pyrrole nitrogens is 1. The Labute approximate surface area is 196 Å². The molecule has 1 aromatic heterocycles. The molecule has 1 heterocycles. The van der Waals surface area contributed by atoms with Gasteiger partial charge in [-0.1, -0.05) is 69.3 Å². The molecular formula is C25H26N4O5. The van der Waals surface area contributed by atoms with Crippen LogP contribution in [0, 0.1) is 5.41 Å². The fraction of sp³-hybridized carbons (Fsp3) is 0.280. The normalized spacial score (nSPS) is 13.5. The van der Waals surface area contributed by atoms with Gasteiger partial charge in [-0.15, -0.1) is 0 Å². The molecular weight excluding hydrogens is 436 g/mol. The number of hydrogen-bond donors (Lipinski definition) is 4. The molecule has 2 amide bonds. The predicted octanol–water partition coefficient (Wildman–Crippen LogP) is 4.00. The molecule has 2 aromatic carbocycles. The standard InChI is InChI=1S/C25H26N4O5/c1-25(2,3)21(23(31)32)27-22(30)19-12-20(29-28-19)26-24(33)34-13-18-16-10-6-4-8-14(16)15-9-5-7-11-17(15)18/h4-12,18,21H,13H2,1-3H3,(H,27,30)(H,31,32)(H2,26,28,29,33). The van der Waals surface area contributed by atoms with E-state index in [4.69, 9.17) is 4.74 Å². The molecule has 0 saturated carbocycles. The monoisotopic (exact) mass is 462 g/mol. The largest absolute Gasteiger partial charge is 0.480 e. The lowest BCUT2D eigenvalue weighted by molar-refractivity contribution is -0.142. The molecule has 1 atom stereocenters. The molecule has 176 valence electrons. The number of carboxylic acid groups (broad SMARTS) is 1. The van der Waals surface area contributed by atoms with Crippen molar-refractivity contribution in [1.29, 1.82) is 0 Å². The minimum atomic E-state index is -1.14. The van der Waals surface area contributed by atoms with Gasteiger partial charge in [-0.25, -0.2) is 9.59 Å². The summed E-state index contributed by atoms with van der Waals surface area (Å²) in [5, 5.41) is 20.8. The summed E-state index contributed by atoms with van der Waals surface area (Å²) in [6.07, 6.45) is -0.710.